The molecule has 0 saturated heterocycles. The van der Waals surface area contributed by atoms with E-state index in [-0.39, 0.29) is 23.7 Å². The van der Waals surface area contributed by atoms with Gasteiger partial charge >= 0.3 is 0 Å². The maximum atomic E-state index is 12.0. The average molecular weight is 358 g/mol. The second-order valence-electron chi connectivity index (χ2n) is 7.09. The Morgan fingerprint density at radius 1 is 1.12 bits per heavy atom. The number of amides is 2. The third kappa shape index (κ3) is 6.21. The van der Waals surface area contributed by atoms with Crippen LogP contribution in [0.4, 0.5) is 0 Å². The molecule has 0 aliphatic carbocycles. The minimum atomic E-state index is 0.00276. The minimum absolute atomic E-state index is 0.00276. The van der Waals surface area contributed by atoms with Crippen LogP contribution < -0.4 is 10.6 Å². The molecular weight excluding hydrogens is 328 g/mol. The van der Waals surface area contributed by atoms with E-state index in [0.29, 0.717) is 25.9 Å². The lowest BCUT2D eigenvalue weighted by atomic mass is 10.1. The Balaban J connectivity index is 1.65. The van der Waals surface area contributed by atoms with E-state index in [9.17, 15) is 9.59 Å². The van der Waals surface area contributed by atoms with Crippen LogP contribution in [0.5, 0.6) is 0 Å². The van der Waals surface area contributed by atoms with Gasteiger partial charge in [-0.3, -0.25) is 9.59 Å². The summed E-state index contributed by atoms with van der Waals surface area (Å²) >= 11 is 0. The van der Waals surface area contributed by atoms with Gasteiger partial charge < -0.3 is 15.1 Å². The van der Waals surface area contributed by atoms with Crippen molar-refractivity contribution in [2.75, 3.05) is 13.1 Å². The van der Waals surface area contributed by atoms with Crippen molar-refractivity contribution in [3.05, 3.63) is 36.1 Å². The van der Waals surface area contributed by atoms with E-state index in [2.05, 4.69) is 17.6 Å². The summed E-state index contributed by atoms with van der Waals surface area (Å²) in [5.41, 5.74) is 0.851. The highest BCUT2D eigenvalue weighted by Crippen LogP contribution is 2.19. The Morgan fingerprint density at radius 2 is 1.85 bits per heavy atom. The van der Waals surface area contributed by atoms with Crippen molar-refractivity contribution in [1.29, 1.82) is 0 Å². The summed E-state index contributed by atoms with van der Waals surface area (Å²) in [6.45, 7) is 7.18. The molecule has 2 rings (SSSR count). The van der Waals surface area contributed by atoms with Crippen LogP contribution >= 0.6 is 0 Å². The molecule has 0 aliphatic rings. The van der Waals surface area contributed by atoms with Crippen LogP contribution in [0, 0.1) is 11.8 Å². The van der Waals surface area contributed by atoms with Gasteiger partial charge in [0.05, 0.1) is 0 Å². The van der Waals surface area contributed by atoms with E-state index >= 15 is 0 Å². The molecule has 2 N–H and O–H groups in total. The zero-order valence-electron chi connectivity index (χ0n) is 16.0. The van der Waals surface area contributed by atoms with Crippen LogP contribution in [0.1, 0.15) is 45.8 Å². The number of aryl methyl sites for hydroxylation is 1. The number of furan rings is 1. The van der Waals surface area contributed by atoms with Crippen LogP contribution in [-0.2, 0) is 16.0 Å². The highest BCUT2D eigenvalue weighted by atomic mass is 16.3. The summed E-state index contributed by atoms with van der Waals surface area (Å²) in [4.78, 5) is 23.9. The predicted molar refractivity (Wildman–Crippen MR) is 104 cm³/mol. The number of fused-ring (bicyclic) bond motifs is 1. The molecule has 0 radical (unpaired) electrons. The largest absolute Gasteiger partial charge is 0.461 e. The van der Waals surface area contributed by atoms with Crippen LogP contribution in [-0.4, -0.2) is 24.9 Å². The predicted octanol–water partition coefficient (Wildman–Crippen LogP) is 3.67. The summed E-state index contributed by atoms with van der Waals surface area (Å²) in [5.74, 6) is 1.16. The summed E-state index contributed by atoms with van der Waals surface area (Å²) in [6, 6.07) is 9.82. The number of para-hydroxylation sites is 1. The molecule has 0 fully saturated rings. The summed E-state index contributed by atoms with van der Waals surface area (Å²) < 4.78 is 5.72. The fourth-order valence-corrected chi connectivity index (χ4v) is 2.86. The van der Waals surface area contributed by atoms with Gasteiger partial charge in [0.1, 0.15) is 11.3 Å². The van der Waals surface area contributed by atoms with Crippen LogP contribution in [0.3, 0.4) is 0 Å². The van der Waals surface area contributed by atoms with E-state index in [1.807, 2.05) is 44.2 Å². The van der Waals surface area contributed by atoms with E-state index in [1.54, 1.807) is 0 Å². The van der Waals surface area contributed by atoms with E-state index in [0.717, 1.165) is 29.6 Å². The van der Waals surface area contributed by atoms with Gasteiger partial charge in [0.2, 0.25) is 11.8 Å². The van der Waals surface area contributed by atoms with E-state index in [1.165, 1.54) is 0 Å². The van der Waals surface area contributed by atoms with E-state index < -0.39 is 0 Å². The highest BCUT2D eigenvalue weighted by Gasteiger charge is 2.13. The fraction of sp³-hybridized carbons (Fsp3) is 0.524. The Kier molecular flexibility index (Phi) is 7.70. The van der Waals surface area contributed by atoms with Crippen LogP contribution in [0.15, 0.2) is 34.7 Å². The zero-order chi connectivity index (χ0) is 18.9. The number of benzene rings is 1. The topological polar surface area (TPSA) is 71.3 Å². The third-order valence-corrected chi connectivity index (χ3v) is 4.52. The molecule has 0 aliphatic heterocycles. The molecule has 5 nitrogen and oxygen atoms in total. The fourth-order valence-electron chi connectivity index (χ4n) is 2.86. The van der Waals surface area contributed by atoms with Gasteiger partial charge in [0.25, 0.3) is 0 Å². The van der Waals surface area contributed by atoms with Gasteiger partial charge in [-0.2, -0.15) is 0 Å². The Labute approximate surface area is 155 Å². The Hall–Kier alpha value is -2.30. The average Bonchev–Trinajstić information content (AvgIpc) is 3.05. The van der Waals surface area contributed by atoms with Gasteiger partial charge in [-0.25, -0.2) is 0 Å². The number of hydrogen-bond donors (Lipinski definition) is 2. The first-order valence-electron chi connectivity index (χ1n) is 9.51. The van der Waals surface area contributed by atoms with E-state index in [4.69, 9.17) is 4.42 Å². The Bertz CT molecular complexity index is 690. The van der Waals surface area contributed by atoms with Crippen molar-refractivity contribution >= 4 is 22.8 Å². The second-order valence-corrected chi connectivity index (χ2v) is 7.09. The molecule has 26 heavy (non-hydrogen) atoms. The molecule has 1 heterocycles. The quantitative estimate of drug-likeness (QED) is 0.681. The van der Waals surface area contributed by atoms with Gasteiger partial charge in [-0.15, -0.1) is 0 Å². The van der Waals surface area contributed by atoms with Crippen molar-refractivity contribution in [1.82, 2.24) is 10.6 Å². The maximum absolute atomic E-state index is 12.0. The van der Waals surface area contributed by atoms with Crippen molar-refractivity contribution in [2.24, 2.45) is 11.8 Å². The molecule has 1 aromatic heterocycles. The van der Waals surface area contributed by atoms with Gasteiger partial charge in [0, 0.05) is 37.2 Å². The van der Waals surface area contributed by atoms with Crippen molar-refractivity contribution in [3.63, 3.8) is 0 Å². The number of carbonyl (C=O) groups is 2. The molecule has 142 valence electrons. The maximum Gasteiger partial charge on any atom is 0.222 e. The normalized spacial score (nSPS) is 13.3. The highest BCUT2D eigenvalue weighted by molar-refractivity contribution is 5.79. The smallest absolute Gasteiger partial charge is 0.222 e. The number of nitrogens with one attached hydrogen (secondary N) is 2. The lowest BCUT2D eigenvalue weighted by Crippen LogP contribution is -2.37. The summed E-state index contributed by atoms with van der Waals surface area (Å²) in [5, 5.41) is 6.95. The lowest BCUT2D eigenvalue weighted by molar-refractivity contribution is -0.124. The monoisotopic (exact) mass is 358 g/mol. The standard InChI is InChI=1S/C21H30N2O3/c1-4-7-16(3)21(25)23-14-15(2)13-22-20(24)11-10-18-12-17-8-5-6-9-19(17)26-18/h5-6,8-9,12,15-16H,4,7,10-11,13-14H2,1-3H3,(H,22,24)(H,23,25). The first-order chi connectivity index (χ1) is 12.5. The molecule has 0 saturated carbocycles. The lowest BCUT2D eigenvalue weighted by Gasteiger charge is -2.16. The molecule has 2 atom stereocenters. The molecule has 2 unspecified atom stereocenters. The van der Waals surface area contributed by atoms with Crippen molar-refractivity contribution in [3.8, 4) is 0 Å². The molecular formula is C21H30N2O3. The molecule has 1 aromatic carbocycles. The van der Waals surface area contributed by atoms with Crippen molar-refractivity contribution in [2.45, 2.75) is 46.5 Å². The Morgan fingerprint density at radius 3 is 2.58 bits per heavy atom. The first-order valence-corrected chi connectivity index (χ1v) is 9.51. The summed E-state index contributed by atoms with van der Waals surface area (Å²) in [6.07, 6.45) is 2.89. The van der Waals surface area contributed by atoms with Gasteiger partial charge in [-0.1, -0.05) is 45.4 Å². The van der Waals surface area contributed by atoms with Gasteiger partial charge in [-0.05, 0) is 24.5 Å². The van der Waals surface area contributed by atoms with Crippen LogP contribution in [0.25, 0.3) is 11.0 Å². The van der Waals surface area contributed by atoms with Crippen molar-refractivity contribution < 1.29 is 14.0 Å². The molecule has 2 amide bonds. The summed E-state index contributed by atoms with van der Waals surface area (Å²) in [7, 11) is 0. The SMILES string of the molecule is CCCC(C)C(=O)NCC(C)CNC(=O)CCc1cc2ccccc2o1. The number of carbonyl (C=O) groups excluding carboxylic acids is 2. The molecule has 0 spiro atoms. The zero-order valence-corrected chi connectivity index (χ0v) is 16.0. The molecule has 5 heteroatoms. The second kappa shape index (κ2) is 10.00. The molecule has 2 aromatic rings. The number of hydrogen-bond acceptors (Lipinski definition) is 3. The first kappa shape index (κ1) is 20.0. The third-order valence-electron chi connectivity index (χ3n) is 4.52. The minimum Gasteiger partial charge on any atom is -0.461 e. The number of rotatable bonds is 10. The van der Waals surface area contributed by atoms with Gasteiger partial charge in [0.15, 0.2) is 0 Å². The van der Waals surface area contributed by atoms with Crippen LogP contribution in [0.2, 0.25) is 0 Å². The molecule has 0 bridgehead atoms.